The maximum atomic E-state index is 2.27. The Hall–Kier alpha value is -0.780. The van der Waals surface area contributed by atoms with E-state index < -0.39 is 0 Å². The van der Waals surface area contributed by atoms with Gasteiger partial charge in [0.2, 0.25) is 0 Å². The number of rotatable bonds is 3. The van der Waals surface area contributed by atoms with Gasteiger partial charge < -0.3 is 0 Å². The molecule has 0 heteroatoms. The van der Waals surface area contributed by atoms with Gasteiger partial charge in [-0.3, -0.25) is 0 Å². The predicted octanol–water partition coefficient (Wildman–Crippen LogP) is 5.57. The summed E-state index contributed by atoms with van der Waals surface area (Å²) in [5.41, 5.74) is 1.46. The van der Waals surface area contributed by atoms with Crippen LogP contribution in [0.4, 0.5) is 0 Å². The molecule has 90 valence electrons. The zero-order valence-corrected chi connectivity index (χ0v) is 9.38. The average molecular weight is 210 g/mol. The summed E-state index contributed by atoms with van der Waals surface area (Å²) in [6.45, 7) is 8.53. The number of benzene rings is 1. The molecule has 0 spiro atoms. The van der Waals surface area contributed by atoms with E-state index in [-0.39, 0.29) is 14.9 Å². The lowest BCUT2D eigenvalue weighted by Crippen LogP contribution is -1.91. The van der Waals surface area contributed by atoms with Gasteiger partial charge in [0, 0.05) is 0 Å². The molecule has 0 atom stereocenters. The van der Waals surface area contributed by atoms with Crippen LogP contribution in [0, 0.1) is 5.92 Å². The first-order valence-electron chi connectivity index (χ1n) is 5.33. The first-order valence-corrected chi connectivity index (χ1v) is 5.33. The number of aryl methyl sites for hydroxylation is 1. The SMILES string of the molecule is C.C.CC.CC(C)CCc1ccccc1. The van der Waals surface area contributed by atoms with Crippen LogP contribution in [0.5, 0.6) is 0 Å². The third-order valence-corrected chi connectivity index (χ3v) is 1.85. The highest BCUT2D eigenvalue weighted by atomic mass is 14.0. The zero-order valence-electron chi connectivity index (χ0n) is 9.38. The monoisotopic (exact) mass is 210 g/mol. The van der Waals surface area contributed by atoms with Crippen LogP contribution >= 0.6 is 0 Å². The second-order valence-electron chi connectivity index (χ2n) is 3.42. The van der Waals surface area contributed by atoms with Crippen molar-refractivity contribution in [3.05, 3.63) is 35.9 Å². The van der Waals surface area contributed by atoms with Gasteiger partial charge in [-0.1, -0.05) is 72.9 Å². The standard InChI is InChI=1S/C11H16.C2H6.2CH4/c1-10(2)8-9-11-6-4-3-5-7-11;1-2;;/h3-7,10H,8-9H2,1-2H3;1-2H3;2*1H4. The highest BCUT2D eigenvalue weighted by molar-refractivity contribution is 5.14. The van der Waals surface area contributed by atoms with Crippen molar-refractivity contribution in [2.24, 2.45) is 5.92 Å². The normalized spacial score (nSPS) is 8.07. The molecule has 0 aliphatic rings. The minimum absolute atomic E-state index is 0. The average Bonchev–Trinajstić information content (AvgIpc) is 2.19. The minimum atomic E-state index is 0. The van der Waals surface area contributed by atoms with Crippen molar-refractivity contribution in [1.82, 2.24) is 0 Å². The van der Waals surface area contributed by atoms with Crippen LogP contribution in [0.1, 0.15) is 54.5 Å². The third kappa shape index (κ3) is 11.1. The van der Waals surface area contributed by atoms with Gasteiger partial charge in [-0.15, -0.1) is 0 Å². The molecule has 0 amide bonds. The molecule has 0 heterocycles. The van der Waals surface area contributed by atoms with Crippen molar-refractivity contribution in [1.29, 1.82) is 0 Å². The molecular weight excluding hydrogens is 180 g/mol. The van der Waals surface area contributed by atoms with Gasteiger partial charge in [-0.05, 0) is 24.3 Å². The van der Waals surface area contributed by atoms with E-state index in [0.717, 1.165) is 5.92 Å². The Morgan fingerprint density at radius 3 is 1.80 bits per heavy atom. The molecule has 0 fully saturated rings. The summed E-state index contributed by atoms with van der Waals surface area (Å²) in [4.78, 5) is 0. The van der Waals surface area contributed by atoms with Gasteiger partial charge in [0.1, 0.15) is 0 Å². The smallest absolute Gasteiger partial charge is 0.0276 e. The van der Waals surface area contributed by atoms with E-state index in [2.05, 4.69) is 44.2 Å². The summed E-state index contributed by atoms with van der Waals surface area (Å²) in [6.07, 6.45) is 2.52. The molecular formula is C15H30. The Morgan fingerprint density at radius 2 is 1.40 bits per heavy atom. The highest BCUT2D eigenvalue weighted by Gasteiger charge is 1.94. The van der Waals surface area contributed by atoms with Crippen molar-refractivity contribution >= 4 is 0 Å². The lowest BCUT2D eigenvalue weighted by molar-refractivity contribution is 0.587. The fourth-order valence-corrected chi connectivity index (χ4v) is 1.10. The van der Waals surface area contributed by atoms with E-state index in [1.54, 1.807) is 0 Å². The van der Waals surface area contributed by atoms with E-state index >= 15 is 0 Å². The van der Waals surface area contributed by atoms with Crippen molar-refractivity contribution in [2.75, 3.05) is 0 Å². The zero-order chi connectivity index (χ0) is 10.1. The van der Waals surface area contributed by atoms with Crippen molar-refractivity contribution in [3.8, 4) is 0 Å². The Labute approximate surface area is 97.7 Å². The van der Waals surface area contributed by atoms with Gasteiger partial charge in [0.05, 0.1) is 0 Å². The van der Waals surface area contributed by atoms with E-state index in [9.17, 15) is 0 Å². The summed E-state index contributed by atoms with van der Waals surface area (Å²) < 4.78 is 0. The van der Waals surface area contributed by atoms with Crippen LogP contribution in [-0.4, -0.2) is 0 Å². The lowest BCUT2D eigenvalue weighted by Gasteiger charge is -2.03. The quantitative estimate of drug-likeness (QED) is 0.611. The molecule has 0 aliphatic heterocycles. The van der Waals surface area contributed by atoms with Crippen LogP contribution in [0.2, 0.25) is 0 Å². The Bertz CT molecular complexity index is 186. The molecule has 0 radical (unpaired) electrons. The van der Waals surface area contributed by atoms with Crippen molar-refractivity contribution < 1.29 is 0 Å². The topological polar surface area (TPSA) is 0 Å². The molecule has 1 aromatic rings. The van der Waals surface area contributed by atoms with E-state index in [4.69, 9.17) is 0 Å². The molecule has 0 unspecified atom stereocenters. The maximum absolute atomic E-state index is 2.27. The predicted molar refractivity (Wildman–Crippen MR) is 74.4 cm³/mol. The maximum Gasteiger partial charge on any atom is -0.0276 e. The van der Waals surface area contributed by atoms with Crippen LogP contribution in [0.15, 0.2) is 30.3 Å². The van der Waals surface area contributed by atoms with Gasteiger partial charge in [0.25, 0.3) is 0 Å². The molecule has 15 heavy (non-hydrogen) atoms. The summed E-state index contributed by atoms with van der Waals surface area (Å²) in [5, 5.41) is 0. The molecule has 0 aliphatic carbocycles. The molecule has 0 N–H and O–H groups in total. The number of hydrogen-bond donors (Lipinski definition) is 0. The second kappa shape index (κ2) is 13.2. The summed E-state index contributed by atoms with van der Waals surface area (Å²) in [7, 11) is 0. The molecule has 1 aromatic carbocycles. The Balaban J connectivity index is -0.000000339. The van der Waals surface area contributed by atoms with Crippen LogP contribution < -0.4 is 0 Å². The fraction of sp³-hybridized carbons (Fsp3) is 0.600. The fourth-order valence-electron chi connectivity index (χ4n) is 1.10. The van der Waals surface area contributed by atoms with E-state index in [0.29, 0.717) is 0 Å². The molecule has 0 nitrogen and oxygen atoms in total. The van der Waals surface area contributed by atoms with Crippen LogP contribution in [0.25, 0.3) is 0 Å². The van der Waals surface area contributed by atoms with Gasteiger partial charge in [-0.2, -0.15) is 0 Å². The summed E-state index contributed by atoms with van der Waals surface area (Å²) in [6, 6.07) is 10.7. The first kappa shape index (κ1) is 19.7. The van der Waals surface area contributed by atoms with E-state index in [1.165, 1.54) is 18.4 Å². The van der Waals surface area contributed by atoms with E-state index in [1.807, 2.05) is 13.8 Å². The first-order chi connectivity index (χ1) is 6.29. The van der Waals surface area contributed by atoms with Gasteiger partial charge >= 0.3 is 0 Å². The summed E-state index contributed by atoms with van der Waals surface area (Å²) in [5.74, 6) is 0.815. The number of hydrogen-bond acceptors (Lipinski definition) is 0. The van der Waals surface area contributed by atoms with Gasteiger partial charge in [-0.25, -0.2) is 0 Å². The Morgan fingerprint density at radius 1 is 0.933 bits per heavy atom. The third-order valence-electron chi connectivity index (χ3n) is 1.85. The second-order valence-corrected chi connectivity index (χ2v) is 3.42. The van der Waals surface area contributed by atoms with Crippen LogP contribution in [0.3, 0.4) is 0 Å². The summed E-state index contributed by atoms with van der Waals surface area (Å²) >= 11 is 0. The van der Waals surface area contributed by atoms with Crippen LogP contribution in [-0.2, 0) is 6.42 Å². The molecule has 0 saturated carbocycles. The largest absolute Gasteiger partial charge is 0.0776 e. The molecule has 0 bridgehead atoms. The lowest BCUT2D eigenvalue weighted by atomic mass is 10.0. The Kier molecular flexibility index (Phi) is 17.4. The minimum Gasteiger partial charge on any atom is -0.0776 e. The van der Waals surface area contributed by atoms with Crippen molar-refractivity contribution in [3.63, 3.8) is 0 Å². The van der Waals surface area contributed by atoms with Gasteiger partial charge in [0.15, 0.2) is 0 Å². The molecule has 0 aromatic heterocycles. The molecule has 1 rings (SSSR count). The van der Waals surface area contributed by atoms with Crippen molar-refractivity contribution in [2.45, 2.75) is 55.4 Å². The highest BCUT2D eigenvalue weighted by Crippen LogP contribution is 2.07. The molecule has 0 saturated heterocycles.